The van der Waals surface area contributed by atoms with Crippen LogP contribution in [0.15, 0.2) is 28.9 Å². The number of nitrogens with zero attached hydrogens (tertiary/aromatic N) is 2. The van der Waals surface area contributed by atoms with Gasteiger partial charge in [-0.25, -0.2) is 14.5 Å². The first-order chi connectivity index (χ1) is 13.5. The van der Waals surface area contributed by atoms with Crippen molar-refractivity contribution in [3.8, 4) is 0 Å². The summed E-state index contributed by atoms with van der Waals surface area (Å²) in [7, 11) is 0. The smallest absolute Gasteiger partial charge is 0.411 e. The summed E-state index contributed by atoms with van der Waals surface area (Å²) in [6, 6.07) is 2.55. The molecule has 2 aromatic rings. The molecule has 156 valence electrons. The highest BCUT2D eigenvalue weighted by Gasteiger charge is 2.44. The van der Waals surface area contributed by atoms with Crippen LogP contribution in [0.2, 0.25) is 5.02 Å². The zero-order valence-electron chi connectivity index (χ0n) is 16.2. The molecule has 1 fully saturated rings. The standard InChI is InChI=1S/C19H22ClN3O6/c1-19(2,3)29-18(27)22-8-11(24)7-13(22)16(25)23(17(21)26)14-9-28-15-5-4-10(20)6-12(14)15/h4-6,9,11,13,24H,7-8H2,1-3H3,(H2,21,26)/t11-,13-/m0/s1. The third kappa shape index (κ3) is 4.30. The van der Waals surface area contributed by atoms with E-state index in [9.17, 15) is 19.5 Å². The summed E-state index contributed by atoms with van der Waals surface area (Å²) in [5.41, 5.74) is 5.19. The molecule has 4 amide bonds. The zero-order chi connectivity index (χ0) is 21.5. The highest BCUT2D eigenvalue weighted by atomic mass is 35.5. The molecule has 9 nitrogen and oxygen atoms in total. The number of likely N-dealkylation sites (tertiary alicyclic amines) is 1. The van der Waals surface area contributed by atoms with E-state index in [1.165, 1.54) is 12.3 Å². The van der Waals surface area contributed by atoms with Crippen molar-refractivity contribution in [2.75, 3.05) is 11.4 Å². The van der Waals surface area contributed by atoms with Crippen molar-refractivity contribution in [2.45, 2.75) is 44.9 Å². The minimum Gasteiger partial charge on any atom is -0.462 e. The summed E-state index contributed by atoms with van der Waals surface area (Å²) in [5, 5.41) is 10.8. The Hall–Kier alpha value is -2.78. The van der Waals surface area contributed by atoms with Gasteiger partial charge in [0.15, 0.2) is 0 Å². The molecule has 3 N–H and O–H groups in total. The molecule has 0 aliphatic carbocycles. The number of hydrogen-bond acceptors (Lipinski definition) is 6. The van der Waals surface area contributed by atoms with Crippen molar-refractivity contribution in [1.29, 1.82) is 0 Å². The summed E-state index contributed by atoms with van der Waals surface area (Å²) in [6.07, 6.45) is -0.552. The highest BCUT2D eigenvalue weighted by molar-refractivity contribution is 6.31. The largest absolute Gasteiger partial charge is 0.462 e. The molecule has 2 atom stereocenters. The predicted octanol–water partition coefficient (Wildman–Crippen LogP) is 2.87. The quantitative estimate of drug-likeness (QED) is 0.764. The third-order valence-electron chi connectivity index (χ3n) is 4.39. The van der Waals surface area contributed by atoms with Gasteiger partial charge in [0.1, 0.15) is 23.5 Å². The summed E-state index contributed by atoms with van der Waals surface area (Å²) < 4.78 is 10.7. The molecular weight excluding hydrogens is 402 g/mol. The van der Waals surface area contributed by atoms with E-state index in [1.54, 1.807) is 32.9 Å². The fourth-order valence-corrected chi connectivity index (χ4v) is 3.40. The van der Waals surface area contributed by atoms with E-state index in [0.717, 1.165) is 9.80 Å². The van der Waals surface area contributed by atoms with Crippen LogP contribution in [-0.2, 0) is 9.53 Å². The van der Waals surface area contributed by atoms with Gasteiger partial charge in [-0.05, 0) is 39.0 Å². The maximum Gasteiger partial charge on any atom is 0.411 e. The van der Waals surface area contributed by atoms with Crippen LogP contribution >= 0.6 is 11.6 Å². The van der Waals surface area contributed by atoms with Gasteiger partial charge in [0.25, 0.3) is 5.91 Å². The average Bonchev–Trinajstić information content (AvgIpc) is 3.17. The Morgan fingerprint density at radius 3 is 2.66 bits per heavy atom. The predicted molar refractivity (Wildman–Crippen MR) is 106 cm³/mol. The Morgan fingerprint density at radius 1 is 1.34 bits per heavy atom. The molecule has 0 spiro atoms. The van der Waals surface area contributed by atoms with Crippen LogP contribution in [0.25, 0.3) is 11.0 Å². The van der Waals surface area contributed by atoms with E-state index < -0.39 is 35.8 Å². The molecule has 1 aromatic heterocycles. The van der Waals surface area contributed by atoms with E-state index in [-0.39, 0.29) is 18.7 Å². The summed E-state index contributed by atoms with van der Waals surface area (Å²) in [4.78, 5) is 39.7. The Balaban J connectivity index is 1.96. The number of carbonyl (C=O) groups excluding carboxylic acids is 3. The van der Waals surface area contributed by atoms with Crippen molar-refractivity contribution >= 4 is 46.3 Å². The molecule has 0 saturated carbocycles. The first kappa shape index (κ1) is 20.9. The van der Waals surface area contributed by atoms with Crippen LogP contribution in [0.3, 0.4) is 0 Å². The van der Waals surface area contributed by atoms with Crippen molar-refractivity contribution in [2.24, 2.45) is 5.73 Å². The van der Waals surface area contributed by atoms with E-state index in [1.807, 2.05) is 0 Å². The van der Waals surface area contributed by atoms with Gasteiger partial charge >= 0.3 is 12.1 Å². The number of rotatable bonds is 2. The minimum atomic E-state index is -1.13. The first-order valence-corrected chi connectivity index (χ1v) is 9.33. The van der Waals surface area contributed by atoms with Gasteiger partial charge in [-0.2, -0.15) is 0 Å². The number of aliphatic hydroxyl groups is 1. The summed E-state index contributed by atoms with van der Waals surface area (Å²) >= 11 is 6.02. The number of amides is 4. The van der Waals surface area contributed by atoms with Gasteiger partial charge in [-0.3, -0.25) is 9.69 Å². The molecule has 3 rings (SSSR count). The monoisotopic (exact) mass is 423 g/mol. The lowest BCUT2D eigenvalue weighted by Crippen LogP contribution is -2.52. The van der Waals surface area contributed by atoms with Crippen molar-refractivity contribution in [1.82, 2.24) is 4.90 Å². The lowest BCUT2D eigenvalue weighted by atomic mass is 10.1. The van der Waals surface area contributed by atoms with E-state index in [2.05, 4.69) is 0 Å². The fourth-order valence-electron chi connectivity index (χ4n) is 3.23. The number of imide groups is 1. The molecule has 2 heterocycles. The summed E-state index contributed by atoms with van der Waals surface area (Å²) in [5.74, 6) is -0.775. The number of urea groups is 1. The van der Waals surface area contributed by atoms with E-state index in [4.69, 9.17) is 26.5 Å². The number of β-amino-alcohol motifs (C(OH)–C–C–N with tert-alkyl or cyclic N) is 1. The van der Waals surface area contributed by atoms with E-state index in [0.29, 0.717) is 16.0 Å². The molecule has 1 aliphatic heterocycles. The molecule has 10 heteroatoms. The maximum absolute atomic E-state index is 13.2. The van der Waals surface area contributed by atoms with Gasteiger partial charge in [-0.1, -0.05) is 11.6 Å². The number of carbonyl (C=O) groups is 3. The Morgan fingerprint density at radius 2 is 2.03 bits per heavy atom. The second kappa shape index (κ2) is 7.57. The van der Waals surface area contributed by atoms with Crippen LogP contribution in [0.5, 0.6) is 0 Å². The molecule has 1 aromatic carbocycles. The zero-order valence-corrected chi connectivity index (χ0v) is 17.0. The van der Waals surface area contributed by atoms with Crippen molar-refractivity contribution in [3.05, 3.63) is 29.5 Å². The fraction of sp³-hybridized carbons (Fsp3) is 0.421. The Kier molecular flexibility index (Phi) is 5.46. The van der Waals surface area contributed by atoms with Crippen LogP contribution in [0, 0.1) is 0 Å². The van der Waals surface area contributed by atoms with Crippen LogP contribution < -0.4 is 10.6 Å². The second-order valence-corrected chi connectivity index (χ2v) is 8.25. The number of anilines is 1. The van der Waals surface area contributed by atoms with Crippen molar-refractivity contribution in [3.63, 3.8) is 0 Å². The normalized spacial score (nSPS) is 19.4. The highest BCUT2D eigenvalue weighted by Crippen LogP contribution is 2.33. The number of primary amides is 1. The van der Waals surface area contributed by atoms with Crippen LogP contribution in [0.1, 0.15) is 27.2 Å². The average molecular weight is 424 g/mol. The molecule has 0 bridgehead atoms. The van der Waals surface area contributed by atoms with Crippen LogP contribution in [0.4, 0.5) is 15.3 Å². The van der Waals surface area contributed by atoms with Gasteiger partial charge < -0.3 is 20.0 Å². The topological polar surface area (TPSA) is 126 Å². The number of hydrogen-bond donors (Lipinski definition) is 2. The second-order valence-electron chi connectivity index (χ2n) is 7.81. The number of benzene rings is 1. The van der Waals surface area contributed by atoms with Gasteiger partial charge in [0, 0.05) is 16.8 Å². The third-order valence-corrected chi connectivity index (χ3v) is 4.62. The molecular formula is C19H22ClN3O6. The molecule has 0 unspecified atom stereocenters. The Labute approximate surface area is 171 Å². The first-order valence-electron chi connectivity index (χ1n) is 8.96. The van der Waals surface area contributed by atoms with Gasteiger partial charge in [-0.15, -0.1) is 0 Å². The van der Waals surface area contributed by atoms with Crippen molar-refractivity contribution < 1.29 is 28.6 Å². The summed E-state index contributed by atoms with van der Waals surface area (Å²) in [6.45, 7) is 4.96. The lowest BCUT2D eigenvalue weighted by Gasteiger charge is -2.29. The Bertz CT molecular complexity index is 966. The number of furan rings is 1. The number of nitrogens with two attached hydrogens (primary N) is 1. The minimum absolute atomic E-state index is 0.0571. The SMILES string of the molecule is CC(C)(C)OC(=O)N1C[C@@H](O)C[C@H]1C(=O)N(C(N)=O)c1coc2ccc(Cl)cc12. The van der Waals surface area contributed by atoms with E-state index >= 15 is 0 Å². The number of aliphatic hydroxyl groups excluding tert-OH is 1. The van der Waals surface area contributed by atoms with Gasteiger partial charge in [0.05, 0.1) is 18.3 Å². The van der Waals surface area contributed by atoms with Gasteiger partial charge in [0.2, 0.25) is 0 Å². The molecule has 0 radical (unpaired) electrons. The molecule has 1 saturated heterocycles. The van der Waals surface area contributed by atoms with Crippen LogP contribution in [-0.4, -0.2) is 52.3 Å². The number of ether oxygens (including phenoxy) is 1. The maximum atomic E-state index is 13.2. The number of halogens is 1. The number of fused-ring (bicyclic) bond motifs is 1. The lowest BCUT2D eigenvalue weighted by molar-refractivity contribution is -0.122. The molecule has 29 heavy (non-hydrogen) atoms. The molecule has 1 aliphatic rings.